The molecule has 2 aromatic heterocycles. The van der Waals surface area contributed by atoms with Crippen molar-refractivity contribution in [2.24, 2.45) is 0 Å². The highest BCUT2D eigenvalue weighted by Crippen LogP contribution is 2.17. The van der Waals surface area contributed by atoms with Crippen LogP contribution in [0.2, 0.25) is 5.02 Å². The van der Waals surface area contributed by atoms with Gasteiger partial charge in [0.05, 0.1) is 5.02 Å². The lowest BCUT2D eigenvalue weighted by atomic mass is 10.3. The number of nitrogens with zero attached hydrogens (tertiary/aromatic N) is 3. The Morgan fingerprint density at radius 3 is 2.69 bits per heavy atom. The van der Waals surface area contributed by atoms with Gasteiger partial charge in [0.1, 0.15) is 5.69 Å². The molecule has 2 aromatic rings. The first-order valence-electron chi connectivity index (χ1n) is 3.36. The number of halogens is 2. The molecule has 0 aromatic carbocycles. The molecule has 2 rings (SSSR count). The first-order valence-corrected chi connectivity index (χ1v) is 4.82. The van der Waals surface area contributed by atoms with Crippen LogP contribution >= 0.6 is 34.2 Å². The SMILES string of the molecule is Clc1ccc(-c2nnc(I)o2)nc1. The molecule has 4 nitrogen and oxygen atoms in total. The second kappa shape index (κ2) is 3.59. The van der Waals surface area contributed by atoms with Gasteiger partial charge in [0.15, 0.2) is 0 Å². The minimum Gasteiger partial charge on any atom is -0.410 e. The van der Waals surface area contributed by atoms with E-state index in [-0.39, 0.29) is 0 Å². The van der Waals surface area contributed by atoms with E-state index in [0.29, 0.717) is 20.5 Å². The molecule has 0 fully saturated rings. The van der Waals surface area contributed by atoms with Gasteiger partial charge < -0.3 is 4.42 Å². The van der Waals surface area contributed by atoms with Crippen LogP contribution < -0.4 is 0 Å². The zero-order valence-corrected chi connectivity index (χ0v) is 9.15. The van der Waals surface area contributed by atoms with E-state index >= 15 is 0 Å². The van der Waals surface area contributed by atoms with Gasteiger partial charge in [-0.2, -0.15) is 0 Å². The van der Waals surface area contributed by atoms with Gasteiger partial charge in [0.25, 0.3) is 9.79 Å². The molecule has 0 aliphatic carbocycles. The van der Waals surface area contributed by atoms with Crippen LogP contribution in [-0.2, 0) is 0 Å². The summed E-state index contributed by atoms with van der Waals surface area (Å²) in [5.74, 6) is 0.404. The third-order valence-electron chi connectivity index (χ3n) is 1.35. The molecular weight excluding hydrogens is 304 g/mol. The maximum Gasteiger partial charge on any atom is 0.278 e. The highest BCUT2D eigenvalue weighted by atomic mass is 127. The molecule has 0 aliphatic heterocycles. The van der Waals surface area contributed by atoms with Crippen molar-refractivity contribution in [3.05, 3.63) is 27.2 Å². The van der Waals surface area contributed by atoms with Crippen molar-refractivity contribution in [3.8, 4) is 11.6 Å². The van der Waals surface area contributed by atoms with Gasteiger partial charge in [-0.1, -0.05) is 11.6 Å². The number of hydrogen-bond acceptors (Lipinski definition) is 4. The zero-order chi connectivity index (χ0) is 9.26. The van der Waals surface area contributed by atoms with Crippen LogP contribution in [0.25, 0.3) is 11.6 Å². The van der Waals surface area contributed by atoms with E-state index in [1.807, 2.05) is 22.6 Å². The van der Waals surface area contributed by atoms with Crippen LogP contribution in [0.4, 0.5) is 0 Å². The van der Waals surface area contributed by atoms with Crippen LogP contribution in [0, 0.1) is 3.90 Å². The Kier molecular flexibility index (Phi) is 2.45. The van der Waals surface area contributed by atoms with E-state index in [0.717, 1.165) is 0 Å². The van der Waals surface area contributed by atoms with Crippen LogP contribution in [0.15, 0.2) is 22.7 Å². The highest BCUT2D eigenvalue weighted by Gasteiger charge is 2.06. The molecule has 0 bridgehead atoms. The molecule has 0 unspecified atom stereocenters. The molecule has 13 heavy (non-hydrogen) atoms. The summed E-state index contributed by atoms with van der Waals surface area (Å²) >= 11 is 7.61. The standard InChI is InChI=1S/C7H3ClIN3O/c8-4-1-2-5(10-3-4)6-11-12-7(9)13-6/h1-3H. The lowest BCUT2D eigenvalue weighted by molar-refractivity contribution is 0.535. The molecule has 0 aliphatic rings. The molecule has 0 amide bonds. The minimum atomic E-state index is 0.404. The molecule has 0 atom stereocenters. The summed E-state index contributed by atoms with van der Waals surface area (Å²) in [5, 5.41) is 8.08. The molecule has 0 radical (unpaired) electrons. The van der Waals surface area contributed by atoms with E-state index < -0.39 is 0 Å². The van der Waals surface area contributed by atoms with Gasteiger partial charge in [0, 0.05) is 28.8 Å². The fraction of sp³-hybridized carbons (Fsp3) is 0. The van der Waals surface area contributed by atoms with Crippen LogP contribution in [-0.4, -0.2) is 15.2 Å². The highest BCUT2D eigenvalue weighted by molar-refractivity contribution is 14.1. The van der Waals surface area contributed by atoms with Gasteiger partial charge in [-0.05, 0) is 12.1 Å². The van der Waals surface area contributed by atoms with Crippen molar-refractivity contribution in [2.45, 2.75) is 0 Å². The van der Waals surface area contributed by atoms with Crippen molar-refractivity contribution in [1.29, 1.82) is 0 Å². The lowest BCUT2D eigenvalue weighted by Crippen LogP contribution is -1.81. The van der Waals surface area contributed by atoms with Gasteiger partial charge in [-0.25, -0.2) is 4.98 Å². The average Bonchev–Trinajstić information content (AvgIpc) is 2.53. The maximum absolute atomic E-state index is 5.67. The van der Waals surface area contributed by atoms with Crippen molar-refractivity contribution >= 4 is 34.2 Å². The lowest BCUT2D eigenvalue weighted by Gasteiger charge is -1.92. The Balaban J connectivity index is 2.41. The molecule has 0 saturated heterocycles. The molecule has 2 heterocycles. The van der Waals surface area contributed by atoms with Crippen molar-refractivity contribution in [3.63, 3.8) is 0 Å². The van der Waals surface area contributed by atoms with E-state index in [1.165, 1.54) is 6.20 Å². The predicted molar refractivity (Wildman–Crippen MR) is 55.3 cm³/mol. The van der Waals surface area contributed by atoms with Crippen LogP contribution in [0.3, 0.4) is 0 Å². The van der Waals surface area contributed by atoms with Crippen molar-refractivity contribution in [1.82, 2.24) is 15.2 Å². The molecular formula is C7H3ClIN3O. The fourth-order valence-corrected chi connectivity index (χ4v) is 1.24. The quantitative estimate of drug-likeness (QED) is 0.759. The third-order valence-corrected chi connectivity index (χ3v) is 2.01. The van der Waals surface area contributed by atoms with E-state index in [1.54, 1.807) is 12.1 Å². The normalized spacial score (nSPS) is 10.3. The predicted octanol–water partition coefficient (Wildman–Crippen LogP) is 2.39. The second-order valence-corrected chi connectivity index (χ2v) is 3.58. The van der Waals surface area contributed by atoms with Gasteiger partial charge in [-0.15, -0.1) is 10.2 Å². The topological polar surface area (TPSA) is 51.8 Å². The minimum absolute atomic E-state index is 0.404. The summed E-state index contributed by atoms with van der Waals surface area (Å²) in [6.45, 7) is 0. The van der Waals surface area contributed by atoms with Gasteiger partial charge >= 0.3 is 0 Å². The average molecular weight is 307 g/mol. The van der Waals surface area contributed by atoms with Crippen LogP contribution in [0.5, 0.6) is 0 Å². The Morgan fingerprint density at radius 1 is 1.31 bits per heavy atom. The van der Waals surface area contributed by atoms with Crippen molar-refractivity contribution < 1.29 is 4.42 Å². The van der Waals surface area contributed by atoms with Crippen LogP contribution in [0.1, 0.15) is 0 Å². The number of rotatable bonds is 1. The van der Waals surface area contributed by atoms with E-state index in [4.69, 9.17) is 16.0 Å². The molecule has 66 valence electrons. The number of hydrogen-bond donors (Lipinski definition) is 0. The maximum atomic E-state index is 5.67. The largest absolute Gasteiger partial charge is 0.410 e. The molecule has 6 heteroatoms. The third kappa shape index (κ3) is 1.97. The molecule has 0 N–H and O–H groups in total. The van der Waals surface area contributed by atoms with E-state index in [9.17, 15) is 0 Å². The number of pyridine rings is 1. The first kappa shape index (κ1) is 8.89. The first-order chi connectivity index (χ1) is 6.25. The fourth-order valence-electron chi connectivity index (χ4n) is 0.811. The Morgan fingerprint density at radius 2 is 2.15 bits per heavy atom. The molecule has 0 saturated carbocycles. The zero-order valence-electron chi connectivity index (χ0n) is 6.24. The summed E-state index contributed by atoms with van der Waals surface area (Å²) < 4.78 is 5.66. The summed E-state index contributed by atoms with van der Waals surface area (Å²) in [5.41, 5.74) is 0.625. The molecule has 0 spiro atoms. The second-order valence-electron chi connectivity index (χ2n) is 2.22. The summed E-state index contributed by atoms with van der Waals surface area (Å²) in [7, 11) is 0. The Bertz CT molecular complexity index is 414. The van der Waals surface area contributed by atoms with Gasteiger partial charge in [0.2, 0.25) is 0 Å². The summed E-state index contributed by atoms with van der Waals surface area (Å²) in [6.07, 6.45) is 1.54. The Hall–Kier alpha value is -0.690. The summed E-state index contributed by atoms with van der Waals surface area (Å²) in [6, 6.07) is 3.45. The summed E-state index contributed by atoms with van der Waals surface area (Å²) in [4.78, 5) is 4.03. The van der Waals surface area contributed by atoms with E-state index in [2.05, 4.69) is 15.2 Å². The monoisotopic (exact) mass is 307 g/mol. The van der Waals surface area contributed by atoms with Crippen molar-refractivity contribution in [2.75, 3.05) is 0 Å². The Labute approximate surface area is 92.5 Å². The smallest absolute Gasteiger partial charge is 0.278 e. The van der Waals surface area contributed by atoms with Gasteiger partial charge in [-0.3, -0.25) is 0 Å². The number of aromatic nitrogens is 3.